The van der Waals surface area contributed by atoms with E-state index in [2.05, 4.69) is 0 Å². The Morgan fingerprint density at radius 3 is 2.68 bits per heavy atom. The average Bonchev–Trinajstić information content (AvgIpc) is 2.77. The quantitative estimate of drug-likeness (QED) is 0.859. The minimum absolute atomic E-state index is 0.420. The van der Waals surface area contributed by atoms with Crippen LogP contribution in [0.1, 0.15) is 16.7 Å². The normalized spacial score (nSPS) is 13.3. The zero-order chi connectivity index (χ0) is 13.4. The van der Waals surface area contributed by atoms with E-state index in [0.717, 1.165) is 16.8 Å². The van der Waals surface area contributed by atoms with Crippen molar-refractivity contribution in [2.75, 3.05) is 4.90 Å². The monoisotopic (exact) mass is 267 g/mol. The van der Waals surface area contributed by atoms with Crippen molar-refractivity contribution in [3.63, 3.8) is 0 Å². The lowest BCUT2D eigenvalue weighted by Gasteiger charge is -2.18. The van der Waals surface area contributed by atoms with E-state index in [1.807, 2.05) is 41.3 Å². The van der Waals surface area contributed by atoms with Crippen molar-refractivity contribution in [1.29, 1.82) is 10.7 Å². The molecule has 2 aromatic carbocycles. The minimum Gasteiger partial charge on any atom is -0.322 e. The van der Waals surface area contributed by atoms with Crippen LogP contribution in [0.25, 0.3) is 0 Å². The highest BCUT2D eigenvalue weighted by atomic mass is 35.5. The number of benzene rings is 2. The van der Waals surface area contributed by atoms with Crippen molar-refractivity contribution >= 4 is 23.1 Å². The molecule has 0 aromatic heterocycles. The van der Waals surface area contributed by atoms with E-state index in [-0.39, 0.29) is 0 Å². The Kier molecular flexibility index (Phi) is 2.73. The number of hydrogen-bond acceptors (Lipinski definition) is 2. The predicted octanol–water partition coefficient (Wildman–Crippen LogP) is 3.56. The number of fused-ring (bicyclic) bond motifs is 1. The standard InChI is InChI=1S/C15H10ClN3/c16-14-7-12(6-5-10(14)8-17)19-9-11-3-1-2-4-13(11)15(19)18/h1-7,18H,9H2. The molecule has 92 valence electrons. The number of rotatable bonds is 1. The van der Waals surface area contributed by atoms with Crippen molar-refractivity contribution in [3.05, 3.63) is 64.2 Å². The van der Waals surface area contributed by atoms with Crippen molar-refractivity contribution in [2.45, 2.75) is 6.54 Å². The maximum absolute atomic E-state index is 8.88. The van der Waals surface area contributed by atoms with Crippen LogP contribution in [-0.4, -0.2) is 5.84 Å². The highest BCUT2D eigenvalue weighted by Gasteiger charge is 2.25. The highest BCUT2D eigenvalue weighted by Crippen LogP contribution is 2.30. The van der Waals surface area contributed by atoms with E-state index < -0.39 is 0 Å². The predicted molar refractivity (Wildman–Crippen MR) is 75.6 cm³/mol. The Morgan fingerprint density at radius 2 is 2.00 bits per heavy atom. The molecule has 0 fully saturated rings. The van der Waals surface area contributed by atoms with Crippen LogP contribution in [0.15, 0.2) is 42.5 Å². The number of nitrogens with one attached hydrogen (secondary N) is 1. The van der Waals surface area contributed by atoms with Gasteiger partial charge in [-0.25, -0.2) is 0 Å². The summed E-state index contributed by atoms with van der Waals surface area (Å²) in [6.07, 6.45) is 0. The Balaban J connectivity index is 2.00. The van der Waals surface area contributed by atoms with Gasteiger partial charge >= 0.3 is 0 Å². The Morgan fingerprint density at radius 1 is 1.21 bits per heavy atom. The number of amidine groups is 1. The maximum Gasteiger partial charge on any atom is 0.133 e. The van der Waals surface area contributed by atoms with Crippen molar-refractivity contribution < 1.29 is 0 Å². The number of anilines is 1. The summed E-state index contributed by atoms with van der Waals surface area (Å²) in [5, 5.41) is 17.5. The molecule has 3 rings (SSSR count). The highest BCUT2D eigenvalue weighted by molar-refractivity contribution is 6.32. The van der Waals surface area contributed by atoms with E-state index in [1.54, 1.807) is 12.1 Å². The van der Waals surface area contributed by atoms with Crippen LogP contribution in [0.2, 0.25) is 5.02 Å². The van der Waals surface area contributed by atoms with Gasteiger partial charge in [-0.1, -0.05) is 35.9 Å². The maximum atomic E-state index is 8.88. The van der Waals surface area contributed by atoms with Gasteiger partial charge in [0.05, 0.1) is 17.1 Å². The summed E-state index contributed by atoms with van der Waals surface area (Å²) >= 11 is 6.05. The van der Waals surface area contributed by atoms with Gasteiger partial charge in [0.25, 0.3) is 0 Å². The summed E-state index contributed by atoms with van der Waals surface area (Å²) in [4.78, 5) is 1.89. The van der Waals surface area contributed by atoms with Crippen LogP contribution >= 0.6 is 11.6 Å². The van der Waals surface area contributed by atoms with Crippen LogP contribution in [0.3, 0.4) is 0 Å². The molecular weight excluding hydrogens is 258 g/mol. The first kappa shape index (κ1) is 11.8. The first-order valence-electron chi connectivity index (χ1n) is 5.84. The SMILES string of the molecule is N#Cc1ccc(N2Cc3ccccc3C2=N)cc1Cl. The number of hydrogen-bond donors (Lipinski definition) is 1. The van der Waals surface area contributed by atoms with E-state index >= 15 is 0 Å². The molecule has 0 aliphatic carbocycles. The van der Waals surface area contributed by atoms with Gasteiger partial charge in [0, 0.05) is 11.3 Å². The lowest BCUT2D eigenvalue weighted by molar-refractivity contribution is 1.05. The molecule has 2 aromatic rings. The molecule has 1 N–H and O–H groups in total. The van der Waals surface area contributed by atoms with Gasteiger partial charge in [0.15, 0.2) is 0 Å². The van der Waals surface area contributed by atoms with Crippen LogP contribution < -0.4 is 4.90 Å². The van der Waals surface area contributed by atoms with Gasteiger partial charge in [-0.3, -0.25) is 5.41 Å². The zero-order valence-corrected chi connectivity index (χ0v) is 10.8. The Hall–Kier alpha value is -2.31. The molecule has 4 heteroatoms. The molecular formula is C15H10ClN3. The fraction of sp³-hybridized carbons (Fsp3) is 0.0667. The van der Waals surface area contributed by atoms with Gasteiger partial charge < -0.3 is 4.90 Å². The van der Waals surface area contributed by atoms with E-state index in [0.29, 0.717) is 23.0 Å². The number of nitriles is 1. The molecule has 0 radical (unpaired) electrons. The van der Waals surface area contributed by atoms with Gasteiger partial charge in [-0.2, -0.15) is 5.26 Å². The van der Waals surface area contributed by atoms with Crippen LogP contribution in [0.4, 0.5) is 5.69 Å². The molecule has 0 saturated heterocycles. The molecule has 19 heavy (non-hydrogen) atoms. The van der Waals surface area contributed by atoms with Gasteiger partial charge in [0.1, 0.15) is 11.9 Å². The van der Waals surface area contributed by atoms with Crippen LogP contribution in [0, 0.1) is 16.7 Å². The third kappa shape index (κ3) is 1.87. The Labute approximate surface area is 116 Å². The molecule has 1 aliphatic heterocycles. The van der Waals surface area contributed by atoms with E-state index in [4.69, 9.17) is 22.3 Å². The summed E-state index contributed by atoms with van der Waals surface area (Å²) in [7, 11) is 0. The van der Waals surface area contributed by atoms with Gasteiger partial charge in [0.2, 0.25) is 0 Å². The number of nitrogens with zero attached hydrogens (tertiary/aromatic N) is 2. The largest absolute Gasteiger partial charge is 0.322 e. The van der Waals surface area contributed by atoms with Crippen LogP contribution in [0.5, 0.6) is 0 Å². The van der Waals surface area contributed by atoms with Crippen molar-refractivity contribution in [3.8, 4) is 6.07 Å². The van der Waals surface area contributed by atoms with Crippen LogP contribution in [-0.2, 0) is 6.54 Å². The topological polar surface area (TPSA) is 50.9 Å². The summed E-state index contributed by atoms with van der Waals surface area (Å²) in [6.45, 7) is 0.664. The van der Waals surface area contributed by atoms with E-state index in [1.165, 1.54) is 0 Å². The molecule has 3 nitrogen and oxygen atoms in total. The molecule has 1 heterocycles. The molecule has 0 bridgehead atoms. The molecule has 0 saturated carbocycles. The minimum atomic E-state index is 0.420. The summed E-state index contributed by atoms with van der Waals surface area (Å²) in [5.41, 5.74) is 3.37. The smallest absolute Gasteiger partial charge is 0.133 e. The summed E-state index contributed by atoms with van der Waals surface area (Å²) in [6, 6.07) is 15.2. The molecule has 0 spiro atoms. The third-order valence-corrected chi connectivity index (χ3v) is 3.57. The molecule has 0 unspecified atom stereocenters. The fourth-order valence-corrected chi connectivity index (χ4v) is 2.48. The average molecular weight is 268 g/mol. The summed E-state index contributed by atoms with van der Waals surface area (Å²) in [5.74, 6) is 0.469. The number of halogens is 1. The lowest BCUT2D eigenvalue weighted by atomic mass is 10.1. The second-order valence-electron chi connectivity index (χ2n) is 4.37. The van der Waals surface area contributed by atoms with E-state index in [9.17, 15) is 0 Å². The molecule has 0 atom stereocenters. The van der Waals surface area contributed by atoms with Gasteiger partial charge in [-0.15, -0.1) is 0 Å². The second-order valence-corrected chi connectivity index (χ2v) is 4.78. The lowest BCUT2D eigenvalue weighted by Crippen LogP contribution is -2.22. The van der Waals surface area contributed by atoms with Crippen molar-refractivity contribution in [1.82, 2.24) is 0 Å². The Bertz CT molecular complexity index is 716. The van der Waals surface area contributed by atoms with Crippen molar-refractivity contribution in [2.24, 2.45) is 0 Å². The van der Waals surface area contributed by atoms with Gasteiger partial charge in [-0.05, 0) is 23.8 Å². The summed E-state index contributed by atoms with van der Waals surface area (Å²) < 4.78 is 0. The first-order chi connectivity index (χ1) is 9.20. The second kappa shape index (κ2) is 4.42. The third-order valence-electron chi connectivity index (χ3n) is 3.26. The first-order valence-corrected chi connectivity index (χ1v) is 6.22. The molecule has 0 amide bonds. The molecule has 1 aliphatic rings. The fourth-order valence-electron chi connectivity index (χ4n) is 2.27. The zero-order valence-electron chi connectivity index (χ0n) is 10.0.